The average Bonchev–Trinajstić information content (AvgIpc) is 3.04. The summed E-state index contributed by atoms with van der Waals surface area (Å²) < 4.78 is 15.0. The normalized spacial score (nSPS) is 15.2. The zero-order valence-corrected chi connectivity index (χ0v) is 14.5. The van der Waals surface area contributed by atoms with E-state index in [0.717, 1.165) is 12.8 Å². The highest BCUT2D eigenvalue weighted by Gasteiger charge is 2.26. The fourth-order valence-corrected chi connectivity index (χ4v) is 3.19. The van der Waals surface area contributed by atoms with Crippen molar-refractivity contribution in [2.75, 3.05) is 18.4 Å². The fourth-order valence-electron chi connectivity index (χ4n) is 3.01. The third-order valence-corrected chi connectivity index (χ3v) is 4.53. The molecule has 1 N–H and O–H groups in total. The highest BCUT2D eigenvalue weighted by Crippen LogP contribution is 2.26. The second-order valence-electron chi connectivity index (χ2n) is 5.99. The third kappa shape index (κ3) is 3.82. The molecule has 132 valence electrons. The number of nitrogens with one attached hydrogen (secondary N) is 1. The summed E-state index contributed by atoms with van der Waals surface area (Å²) in [6, 6.07) is 5.86. The minimum Gasteiger partial charge on any atom is -0.338 e. The number of carbonyl (C=O) groups is 2. The maximum Gasteiger partial charge on any atom is 0.253 e. The first kappa shape index (κ1) is 17.4. The maximum atomic E-state index is 13.2. The van der Waals surface area contributed by atoms with Crippen LogP contribution < -0.4 is 5.32 Å². The van der Waals surface area contributed by atoms with Crippen LogP contribution in [0, 0.1) is 5.82 Å². The number of amides is 2. The summed E-state index contributed by atoms with van der Waals surface area (Å²) >= 11 is 5.75. The molecule has 0 unspecified atom stereocenters. The first-order valence-corrected chi connectivity index (χ1v) is 8.39. The van der Waals surface area contributed by atoms with Gasteiger partial charge in [-0.25, -0.2) is 9.07 Å². The molecule has 0 aliphatic carbocycles. The summed E-state index contributed by atoms with van der Waals surface area (Å²) in [5.74, 6) is -0.200. The molecule has 2 heterocycles. The van der Waals surface area contributed by atoms with Crippen LogP contribution in [0.3, 0.4) is 0 Å². The lowest BCUT2D eigenvalue weighted by Crippen LogP contribution is -2.39. The second kappa shape index (κ2) is 7.23. The highest BCUT2D eigenvalue weighted by atomic mass is 35.5. The number of hydrogen-bond acceptors (Lipinski definition) is 3. The summed E-state index contributed by atoms with van der Waals surface area (Å²) in [5.41, 5.74) is 0.378. The van der Waals surface area contributed by atoms with Gasteiger partial charge in [0.15, 0.2) is 0 Å². The van der Waals surface area contributed by atoms with Crippen molar-refractivity contribution in [2.24, 2.45) is 0 Å². The summed E-state index contributed by atoms with van der Waals surface area (Å²) in [6.45, 7) is 2.56. The highest BCUT2D eigenvalue weighted by molar-refractivity contribution is 6.31. The lowest BCUT2D eigenvalue weighted by molar-refractivity contribution is -0.114. The molecule has 6 nitrogen and oxygen atoms in total. The molecule has 0 saturated carbocycles. The molecule has 0 radical (unpaired) electrons. The molecule has 1 aliphatic rings. The van der Waals surface area contributed by atoms with Gasteiger partial charge in [0, 0.05) is 31.6 Å². The summed E-state index contributed by atoms with van der Waals surface area (Å²) in [7, 11) is 0. The molecule has 1 aromatic heterocycles. The van der Waals surface area contributed by atoms with Crippen LogP contribution in [0.2, 0.25) is 5.02 Å². The number of halogens is 2. The third-order valence-electron chi connectivity index (χ3n) is 4.24. The van der Waals surface area contributed by atoms with Gasteiger partial charge in [-0.15, -0.1) is 0 Å². The van der Waals surface area contributed by atoms with Crippen LogP contribution in [-0.2, 0) is 4.79 Å². The quantitative estimate of drug-likeness (QED) is 0.909. The van der Waals surface area contributed by atoms with E-state index in [1.54, 1.807) is 21.8 Å². The van der Waals surface area contributed by atoms with E-state index in [1.165, 1.54) is 25.1 Å². The van der Waals surface area contributed by atoms with Gasteiger partial charge in [-0.1, -0.05) is 11.6 Å². The van der Waals surface area contributed by atoms with Gasteiger partial charge in [-0.2, -0.15) is 5.10 Å². The first-order valence-electron chi connectivity index (χ1n) is 8.01. The van der Waals surface area contributed by atoms with Gasteiger partial charge in [0.05, 0.1) is 17.3 Å². The molecule has 1 saturated heterocycles. The Morgan fingerprint density at radius 2 is 2.00 bits per heavy atom. The Morgan fingerprint density at radius 3 is 2.64 bits per heavy atom. The van der Waals surface area contributed by atoms with Crippen LogP contribution in [0.4, 0.5) is 10.2 Å². The Bertz CT molecular complexity index is 800. The maximum absolute atomic E-state index is 13.2. The van der Waals surface area contributed by atoms with Crippen LogP contribution >= 0.6 is 11.6 Å². The van der Waals surface area contributed by atoms with Crippen molar-refractivity contribution >= 4 is 29.2 Å². The van der Waals surface area contributed by atoms with Crippen LogP contribution in [0.5, 0.6) is 0 Å². The van der Waals surface area contributed by atoms with Gasteiger partial charge in [-0.05, 0) is 31.0 Å². The predicted molar refractivity (Wildman–Crippen MR) is 92.1 cm³/mol. The molecule has 2 amide bonds. The van der Waals surface area contributed by atoms with Crippen LogP contribution in [0.1, 0.15) is 36.2 Å². The lowest BCUT2D eigenvalue weighted by atomic mass is 10.0. The van der Waals surface area contributed by atoms with Gasteiger partial charge >= 0.3 is 0 Å². The molecule has 25 heavy (non-hydrogen) atoms. The van der Waals surface area contributed by atoms with Gasteiger partial charge in [0.25, 0.3) is 5.91 Å². The first-order chi connectivity index (χ1) is 12.0. The van der Waals surface area contributed by atoms with Crippen molar-refractivity contribution in [3.63, 3.8) is 0 Å². The zero-order chi connectivity index (χ0) is 18.0. The standard InChI is InChI=1S/C17H18ClFN4O2/c1-11(24)21-16-4-7-20-23(16)13-5-8-22(9-6-13)17(25)12-2-3-15(19)14(18)10-12/h2-4,7,10,13H,5-6,8-9H2,1H3,(H,21,24). The molecule has 0 atom stereocenters. The van der Waals surface area contributed by atoms with Crippen molar-refractivity contribution in [3.05, 3.63) is 46.9 Å². The number of carbonyl (C=O) groups excluding carboxylic acids is 2. The molecular formula is C17H18ClFN4O2. The number of nitrogens with zero attached hydrogens (tertiary/aromatic N) is 3. The molecule has 2 aromatic rings. The Hall–Kier alpha value is -2.41. The van der Waals surface area contributed by atoms with Gasteiger partial charge in [-0.3, -0.25) is 9.59 Å². The van der Waals surface area contributed by atoms with Crippen LogP contribution in [0.15, 0.2) is 30.5 Å². The molecule has 1 aliphatic heterocycles. The average molecular weight is 365 g/mol. The molecule has 0 bridgehead atoms. The van der Waals surface area contributed by atoms with E-state index in [4.69, 9.17) is 11.6 Å². The molecule has 3 rings (SSSR count). The monoisotopic (exact) mass is 364 g/mol. The number of likely N-dealkylation sites (tertiary alicyclic amines) is 1. The van der Waals surface area contributed by atoms with E-state index >= 15 is 0 Å². The van der Waals surface area contributed by atoms with Crippen LogP contribution in [0.25, 0.3) is 0 Å². The Balaban J connectivity index is 1.65. The second-order valence-corrected chi connectivity index (χ2v) is 6.40. The summed E-state index contributed by atoms with van der Waals surface area (Å²) in [4.78, 5) is 25.5. The molecule has 1 fully saturated rings. The molecular weight excluding hydrogens is 347 g/mol. The summed E-state index contributed by atoms with van der Waals surface area (Å²) in [6.07, 6.45) is 3.08. The molecule has 0 spiro atoms. The van der Waals surface area contributed by atoms with Crippen molar-refractivity contribution in [2.45, 2.75) is 25.8 Å². The van der Waals surface area contributed by atoms with E-state index in [2.05, 4.69) is 10.4 Å². The van der Waals surface area contributed by atoms with E-state index < -0.39 is 5.82 Å². The minimum atomic E-state index is -0.541. The lowest BCUT2D eigenvalue weighted by Gasteiger charge is -2.32. The smallest absolute Gasteiger partial charge is 0.253 e. The van der Waals surface area contributed by atoms with E-state index in [-0.39, 0.29) is 22.9 Å². The molecule has 8 heteroatoms. The fraction of sp³-hybridized carbons (Fsp3) is 0.353. The Labute approximate surface area is 149 Å². The minimum absolute atomic E-state index is 0.0581. The van der Waals surface area contributed by atoms with Crippen molar-refractivity contribution in [1.82, 2.24) is 14.7 Å². The largest absolute Gasteiger partial charge is 0.338 e. The number of aromatic nitrogens is 2. The van der Waals surface area contributed by atoms with Crippen molar-refractivity contribution in [3.8, 4) is 0 Å². The van der Waals surface area contributed by atoms with Crippen LogP contribution in [-0.4, -0.2) is 39.6 Å². The van der Waals surface area contributed by atoms with Gasteiger partial charge < -0.3 is 10.2 Å². The number of anilines is 1. The van der Waals surface area contributed by atoms with E-state index in [9.17, 15) is 14.0 Å². The van der Waals surface area contributed by atoms with Gasteiger partial charge in [0.1, 0.15) is 11.6 Å². The number of hydrogen-bond donors (Lipinski definition) is 1. The topological polar surface area (TPSA) is 67.2 Å². The zero-order valence-electron chi connectivity index (χ0n) is 13.7. The van der Waals surface area contributed by atoms with Crippen molar-refractivity contribution < 1.29 is 14.0 Å². The Kier molecular flexibility index (Phi) is 5.03. The Morgan fingerprint density at radius 1 is 1.28 bits per heavy atom. The SMILES string of the molecule is CC(=O)Nc1ccnn1C1CCN(C(=O)c2ccc(F)c(Cl)c2)CC1. The van der Waals surface area contributed by atoms with E-state index in [1.807, 2.05) is 0 Å². The number of rotatable bonds is 3. The van der Waals surface area contributed by atoms with E-state index in [0.29, 0.717) is 24.5 Å². The number of piperidine rings is 1. The molecule has 1 aromatic carbocycles. The number of benzene rings is 1. The van der Waals surface area contributed by atoms with Gasteiger partial charge in [0.2, 0.25) is 5.91 Å². The van der Waals surface area contributed by atoms with Crippen molar-refractivity contribution in [1.29, 1.82) is 0 Å². The summed E-state index contributed by atoms with van der Waals surface area (Å²) in [5, 5.41) is 6.98. The predicted octanol–water partition coefficient (Wildman–Crippen LogP) is 3.11.